The Morgan fingerprint density at radius 2 is 1.95 bits per heavy atom. The van der Waals surface area contributed by atoms with Gasteiger partial charge in [-0.25, -0.2) is 4.98 Å². The van der Waals surface area contributed by atoms with Crippen molar-refractivity contribution < 1.29 is 12.6 Å². The number of pyridine rings is 1. The van der Waals surface area contributed by atoms with Gasteiger partial charge in [0, 0.05) is 10.7 Å². The Kier molecular flexibility index (Phi) is 5.14. The van der Waals surface area contributed by atoms with E-state index in [2.05, 4.69) is 20.9 Å². The second-order valence-electron chi connectivity index (χ2n) is 5.18. The van der Waals surface area contributed by atoms with Gasteiger partial charge in [0.15, 0.2) is 5.15 Å². The number of benzene rings is 1. The van der Waals surface area contributed by atoms with Crippen molar-refractivity contribution in [3.05, 3.63) is 51.2 Å². The van der Waals surface area contributed by atoms with Crippen LogP contribution in [0.1, 0.15) is 30.9 Å². The van der Waals surface area contributed by atoms with Crippen molar-refractivity contribution in [3.63, 3.8) is 0 Å². The minimum atomic E-state index is -4.06. The lowest BCUT2D eigenvalue weighted by Gasteiger charge is -2.15. The van der Waals surface area contributed by atoms with Crippen molar-refractivity contribution in [2.75, 3.05) is 0 Å². The van der Waals surface area contributed by atoms with Crippen LogP contribution in [0.25, 0.3) is 0 Å². The van der Waals surface area contributed by atoms with Crippen LogP contribution in [0, 0.1) is 6.92 Å². The standard InChI is InChI=1S/C15H15BrClNO3S/c1-9(2)12-5-4-10(3)6-13(12)21-22(19,20)14-7-11(16)8-18-15(14)17/h4-9H,1-3H3. The Morgan fingerprint density at radius 3 is 2.59 bits per heavy atom. The van der Waals surface area contributed by atoms with Gasteiger partial charge in [-0.15, -0.1) is 0 Å². The molecule has 0 aliphatic heterocycles. The molecule has 0 radical (unpaired) electrons. The largest absolute Gasteiger partial charge is 0.379 e. The van der Waals surface area contributed by atoms with Crippen LogP contribution in [0.15, 0.2) is 39.8 Å². The van der Waals surface area contributed by atoms with E-state index < -0.39 is 10.1 Å². The second-order valence-corrected chi connectivity index (χ2v) is 7.96. The molecule has 2 rings (SSSR count). The van der Waals surface area contributed by atoms with Gasteiger partial charge in [-0.2, -0.15) is 8.42 Å². The Bertz CT molecular complexity index is 806. The van der Waals surface area contributed by atoms with Gasteiger partial charge in [0.05, 0.1) is 0 Å². The molecule has 1 heterocycles. The normalized spacial score (nSPS) is 11.7. The predicted molar refractivity (Wildman–Crippen MR) is 90.0 cm³/mol. The summed E-state index contributed by atoms with van der Waals surface area (Å²) in [6.45, 7) is 5.81. The van der Waals surface area contributed by atoms with E-state index in [1.165, 1.54) is 12.3 Å². The minimum absolute atomic E-state index is 0.123. The molecule has 22 heavy (non-hydrogen) atoms. The van der Waals surface area contributed by atoms with Crippen LogP contribution in [0.2, 0.25) is 5.15 Å². The first kappa shape index (κ1) is 17.2. The third-order valence-corrected chi connectivity index (χ3v) is 5.13. The second kappa shape index (κ2) is 6.56. The van der Waals surface area contributed by atoms with Crippen molar-refractivity contribution in [3.8, 4) is 5.75 Å². The zero-order valence-corrected chi connectivity index (χ0v) is 15.5. The fourth-order valence-electron chi connectivity index (χ4n) is 1.93. The fraction of sp³-hybridized carbons (Fsp3) is 0.267. The van der Waals surface area contributed by atoms with E-state index in [1.807, 2.05) is 32.9 Å². The summed E-state index contributed by atoms with van der Waals surface area (Å²) >= 11 is 9.07. The number of aryl methyl sites for hydroxylation is 1. The van der Waals surface area contributed by atoms with Crippen LogP contribution in [0.3, 0.4) is 0 Å². The first-order chi connectivity index (χ1) is 10.2. The van der Waals surface area contributed by atoms with Crippen LogP contribution < -0.4 is 4.18 Å². The molecule has 0 unspecified atom stereocenters. The maximum atomic E-state index is 12.5. The molecule has 0 atom stereocenters. The number of hydrogen-bond acceptors (Lipinski definition) is 4. The Labute approximate surface area is 143 Å². The maximum absolute atomic E-state index is 12.5. The van der Waals surface area contributed by atoms with Crippen LogP contribution in [0.4, 0.5) is 0 Å². The highest BCUT2D eigenvalue weighted by Crippen LogP contribution is 2.31. The van der Waals surface area contributed by atoms with Crippen LogP contribution in [0.5, 0.6) is 5.75 Å². The molecule has 0 amide bonds. The zero-order chi connectivity index (χ0) is 16.5. The summed E-state index contributed by atoms with van der Waals surface area (Å²) in [6.07, 6.45) is 1.42. The molecule has 118 valence electrons. The molecule has 2 aromatic rings. The van der Waals surface area contributed by atoms with Gasteiger partial charge in [-0.05, 0) is 52.0 Å². The van der Waals surface area contributed by atoms with E-state index in [4.69, 9.17) is 15.8 Å². The third-order valence-electron chi connectivity index (χ3n) is 3.03. The van der Waals surface area contributed by atoms with E-state index in [1.54, 1.807) is 6.07 Å². The summed E-state index contributed by atoms with van der Waals surface area (Å²) < 4.78 is 30.8. The quantitative estimate of drug-likeness (QED) is 0.547. The van der Waals surface area contributed by atoms with E-state index in [9.17, 15) is 8.42 Å². The molecule has 0 spiro atoms. The molecule has 0 N–H and O–H groups in total. The third kappa shape index (κ3) is 3.80. The molecule has 4 nitrogen and oxygen atoms in total. The highest BCUT2D eigenvalue weighted by Gasteiger charge is 2.23. The van der Waals surface area contributed by atoms with Gasteiger partial charge in [0.1, 0.15) is 10.6 Å². The molecule has 1 aromatic heterocycles. The van der Waals surface area contributed by atoms with Crippen LogP contribution in [-0.2, 0) is 10.1 Å². The summed E-state index contributed by atoms with van der Waals surface area (Å²) in [5, 5.41) is -0.123. The molecule has 0 aliphatic rings. The first-order valence-electron chi connectivity index (χ1n) is 6.57. The van der Waals surface area contributed by atoms with E-state index >= 15 is 0 Å². The summed E-state index contributed by atoms with van der Waals surface area (Å²) in [6, 6.07) is 6.86. The minimum Gasteiger partial charge on any atom is -0.379 e. The zero-order valence-electron chi connectivity index (χ0n) is 12.3. The molecule has 0 bridgehead atoms. The molecule has 7 heteroatoms. The molecule has 0 aliphatic carbocycles. The van der Waals surface area contributed by atoms with Gasteiger partial charge in [0.25, 0.3) is 0 Å². The van der Waals surface area contributed by atoms with E-state index in [0.29, 0.717) is 10.2 Å². The number of halogens is 2. The summed E-state index contributed by atoms with van der Waals surface area (Å²) in [5.41, 5.74) is 1.72. The number of aromatic nitrogens is 1. The van der Waals surface area contributed by atoms with Crippen molar-refractivity contribution in [1.29, 1.82) is 0 Å². The Morgan fingerprint density at radius 1 is 1.27 bits per heavy atom. The predicted octanol–water partition coefficient (Wildman–Crippen LogP) is 4.70. The number of hydrogen-bond donors (Lipinski definition) is 0. The molecule has 1 aromatic carbocycles. The number of rotatable bonds is 4. The average molecular weight is 405 g/mol. The van der Waals surface area contributed by atoms with Gasteiger partial charge in [-0.1, -0.05) is 37.6 Å². The number of nitrogens with zero attached hydrogens (tertiary/aromatic N) is 1. The Hall–Kier alpha value is -1.11. The maximum Gasteiger partial charge on any atom is 0.342 e. The summed E-state index contributed by atoms with van der Waals surface area (Å²) in [4.78, 5) is 3.65. The molecule has 0 saturated carbocycles. The van der Waals surface area contributed by atoms with Gasteiger partial charge < -0.3 is 4.18 Å². The lowest BCUT2D eigenvalue weighted by Crippen LogP contribution is -2.12. The Balaban J connectivity index is 2.49. The average Bonchev–Trinajstić information content (AvgIpc) is 2.40. The van der Waals surface area contributed by atoms with Crippen molar-refractivity contribution >= 4 is 37.6 Å². The van der Waals surface area contributed by atoms with Crippen molar-refractivity contribution in [1.82, 2.24) is 4.98 Å². The van der Waals surface area contributed by atoms with E-state index in [0.717, 1.165) is 11.1 Å². The summed E-state index contributed by atoms with van der Waals surface area (Å²) in [5.74, 6) is 0.438. The van der Waals surface area contributed by atoms with Gasteiger partial charge in [-0.3, -0.25) is 0 Å². The topological polar surface area (TPSA) is 56.3 Å². The smallest absolute Gasteiger partial charge is 0.342 e. The lowest BCUT2D eigenvalue weighted by atomic mass is 10.0. The van der Waals surface area contributed by atoms with Gasteiger partial charge in [0.2, 0.25) is 0 Å². The first-order valence-corrected chi connectivity index (χ1v) is 9.14. The lowest BCUT2D eigenvalue weighted by molar-refractivity contribution is 0.480. The van der Waals surface area contributed by atoms with Crippen molar-refractivity contribution in [2.45, 2.75) is 31.6 Å². The molecule has 0 fully saturated rings. The van der Waals surface area contributed by atoms with E-state index in [-0.39, 0.29) is 16.0 Å². The van der Waals surface area contributed by atoms with Crippen molar-refractivity contribution in [2.24, 2.45) is 0 Å². The monoisotopic (exact) mass is 403 g/mol. The molecular formula is C15H15BrClNO3S. The van der Waals surface area contributed by atoms with Crippen LogP contribution in [-0.4, -0.2) is 13.4 Å². The summed E-state index contributed by atoms with van der Waals surface area (Å²) in [7, 11) is -4.06. The highest BCUT2D eigenvalue weighted by molar-refractivity contribution is 9.10. The van der Waals surface area contributed by atoms with Crippen LogP contribution >= 0.6 is 27.5 Å². The highest BCUT2D eigenvalue weighted by atomic mass is 79.9. The molecular weight excluding hydrogens is 390 g/mol. The fourth-order valence-corrected chi connectivity index (χ4v) is 3.80. The van der Waals surface area contributed by atoms with Gasteiger partial charge >= 0.3 is 10.1 Å². The SMILES string of the molecule is Cc1ccc(C(C)C)c(OS(=O)(=O)c2cc(Br)cnc2Cl)c1. The molecule has 0 saturated heterocycles.